The van der Waals surface area contributed by atoms with E-state index in [2.05, 4.69) is 11.4 Å². The fourth-order valence-corrected chi connectivity index (χ4v) is 4.09. The molecule has 0 aromatic heterocycles. The van der Waals surface area contributed by atoms with Crippen LogP contribution in [0.25, 0.3) is 0 Å². The number of hydrogen-bond donors (Lipinski definition) is 1. The van der Waals surface area contributed by atoms with Crippen LogP contribution in [0.15, 0.2) is 78.9 Å². The molecule has 0 unspecified atom stereocenters. The fraction of sp³-hybridized carbons (Fsp3) is 0.333. The van der Waals surface area contributed by atoms with E-state index >= 15 is 0 Å². The molecular weight excluding hydrogens is 420 g/mol. The maximum Gasteiger partial charge on any atom is 0.243 e. The molecule has 0 bridgehead atoms. The van der Waals surface area contributed by atoms with Gasteiger partial charge in [-0.1, -0.05) is 84.4 Å². The first-order valence-corrected chi connectivity index (χ1v) is 11.9. The number of carbonyl (C=O) groups is 2. The van der Waals surface area contributed by atoms with Crippen LogP contribution < -0.4 is 5.32 Å². The molecule has 0 radical (unpaired) electrons. The first-order chi connectivity index (χ1) is 16.1. The predicted molar refractivity (Wildman–Crippen MR) is 138 cm³/mol. The first kappa shape index (κ1) is 25.2. The Morgan fingerprint density at radius 3 is 2.15 bits per heavy atom. The number of carbonyl (C=O) groups excluding carboxylic acids is 2. The van der Waals surface area contributed by atoms with Gasteiger partial charge in [-0.25, -0.2) is 0 Å². The lowest BCUT2D eigenvalue weighted by Gasteiger charge is -2.34. The molecule has 4 nitrogen and oxygen atoms in total. The van der Waals surface area contributed by atoms with Crippen molar-refractivity contribution in [3.63, 3.8) is 0 Å². The summed E-state index contributed by atoms with van der Waals surface area (Å²) in [5.41, 5.74) is 4.82. The van der Waals surface area contributed by atoms with Gasteiger partial charge in [0.2, 0.25) is 11.8 Å². The Bertz CT molecular complexity index is 1120. The van der Waals surface area contributed by atoms with Crippen molar-refractivity contribution in [2.75, 3.05) is 0 Å². The molecule has 3 aromatic rings. The summed E-state index contributed by atoms with van der Waals surface area (Å²) in [5.74, 6) is -0.192. The number of hydrogen-bond acceptors (Lipinski definition) is 2. The van der Waals surface area contributed by atoms with Crippen molar-refractivity contribution in [1.82, 2.24) is 10.2 Å². The average molecular weight is 457 g/mol. The van der Waals surface area contributed by atoms with Gasteiger partial charge < -0.3 is 10.2 Å². The zero-order chi connectivity index (χ0) is 24.7. The molecule has 0 aliphatic carbocycles. The number of rotatable bonds is 8. The summed E-state index contributed by atoms with van der Waals surface area (Å²) < 4.78 is 0. The normalized spacial score (nSPS) is 12.1. The molecule has 0 spiro atoms. The number of aryl methyl sites for hydroxylation is 2. The highest BCUT2D eigenvalue weighted by atomic mass is 16.2. The second-order valence-electron chi connectivity index (χ2n) is 10.1. The first-order valence-electron chi connectivity index (χ1n) is 11.9. The molecular formula is C30H36N2O2. The average Bonchev–Trinajstić information content (AvgIpc) is 2.77. The quantitative estimate of drug-likeness (QED) is 0.493. The predicted octanol–water partition coefficient (Wildman–Crippen LogP) is 5.40. The van der Waals surface area contributed by atoms with Crippen molar-refractivity contribution in [3.8, 4) is 0 Å². The minimum absolute atomic E-state index is 0.0548. The molecule has 2 amide bonds. The maximum absolute atomic E-state index is 13.8. The number of benzene rings is 3. The Morgan fingerprint density at radius 2 is 1.50 bits per heavy atom. The lowest BCUT2D eigenvalue weighted by atomic mass is 9.99. The summed E-state index contributed by atoms with van der Waals surface area (Å²) in [6.07, 6.45) is 0.709. The van der Waals surface area contributed by atoms with E-state index in [0.717, 1.165) is 27.8 Å². The Labute approximate surface area is 204 Å². The Balaban J connectivity index is 2.00. The van der Waals surface area contributed by atoms with Crippen molar-refractivity contribution >= 4 is 11.8 Å². The summed E-state index contributed by atoms with van der Waals surface area (Å²) in [6, 6.07) is 25.3. The maximum atomic E-state index is 13.8. The van der Waals surface area contributed by atoms with Gasteiger partial charge in [0.1, 0.15) is 6.04 Å². The second kappa shape index (κ2) is 11.1. The lowest BCUT2D eigenvalue weighted by molar-refractivity contribution is -0.141. The van der Waals surface area contributed by atoms with Crippen molar-refractivity contribution in [3.05, 3.63) is 107 Å². The van der Waals surface area contributed by atoms with E-state index in [9.17, 15) is 9.59 Å². The smallest absolute Gasteiger partial charge is 0.243 e. The van der Waals surface area contributed by atoms with E-state index in [0.29, 0.717) is 13.0 Å². The third-order valence-electron chi connectivity index (χ3n) is 5.81. The van der Waals surface area contributed by atoms with Crippen LogP contribution in [0.3, 0.4) is 0 Å². The molecule has 1 atom stereocenters. The number of nitrogens with zero attached hydrogens (tertiary/aromatic N) is 1. The molecule has 1 N–H and O–H groups in total. The van der Waals surface area contributed by atoms with Crippen LogP contribution in [-0.2, 0) is 29.0 Å². The van der Waals surface area contributed by atoms with Crippen LogP contribution in [0, 0.1) is 13.8 Å². The minimum Gasteiger partial charge on any atom is -0.350 e. The van der Waals surface area contributed by atoms with Crippen LogP contribution >= 0.6 is 0 Å². The summed E-state index contributed by atoms with van der Waals surface area (Å²) in [7, 11) is 0. The summed E-state index contributed by atoms with van der Waals surface area (Å²) >= 11 is 0. The van der Waals surface area contributed by atoms with Gasteiger partial charge in [0.15, 0.2) is 0 Å². The van der Waals surface area contributed by atoms with E-state index in [1.54, 1.807) is 4.90 Å². The molecule has 3 rings (SSSR count). The van der Waals surface area contributed by atoms with Gasteiger partial charge in [-0.15, -0.1) is 0 Å². The standard InChI is InChI=1S/C30H36N2O2/c1-22-12-11-16-25(18-22)21-32(28(33)20-26-17-10-9-13-23(26)2)27(29(34)31-30(3,4)5)19-24-14-7-6-8-15-24/h6-18,27H,19-21H2,1-5H3,(H,31,34)/t27-/m1/s1. The molecule has 34 heavy (non-hydrogen) atoms. The molecule has 0 fully saturated rings. The van der Waals surface area contributed by atoms with Gasteiger partial charge in [-0.2, -0.15) is 0 Å². The largest absolute Gasteiger partial charge is 0.350 e. The number of nitrogens with one attached hydrogen (secondary N) is 1. The summed E-state index contributed by atoms with van der Waals surface area (Å²) in [5, 5.41) is 3.11. The molecule has 0 aliphatic rings. The third-order valence-corrected chi connectivity index (χ3v) is 5.81. The van der Waals surface area contributed by atoms with Crippen molar-refractivity contribution in [1.29, 1.82) is 0 Å². The van der Waals surface area contributed by atoms with Crippen LogP contribution in [0.5, 0.6) is 0 Å². The SMILES string of the molecule is Cc1cccc(CN(C(=O)Cc2ccccc2C)[C@H](Cc2ccccc2)C(=O)NC(C)(C)C)c1. The molecule has 0 saturated heterocycles. The topological polar surface area (TPSA) is 49.4 Å². The van der Waals surface area contributed by atoms with E-state index in [1.165, 1.54) is 0 Å². The fourth-order valence-electron chi connectivity index (χ4n) is 4.09. The molecule has 0 aliphatic heterocycles. The molecule has 4 heteroatoms. The number of amides is 2. The van der Waals surface area contributed by atoms with Gasteiger partial charge >= 0.3 is 0 Å². The van der Waals surface area contributed by atoms with Crippen LogP contribution in [0.1, 0.15) is 48.6 Å². The zero-order valence-corrected chi connectivity index (χ0v) is 21.0. The monoisotopic (exact) mass is 456 g/mol. The van der Waals surface area contributed by atoms with Gasteiger partial charge in [-0.05, 0) is 56.9 Å². The molecule has 3 aromatic carbocycles. The summed E-state index contributed by atoms with van der Waals surface area (Å²) in [6.45, 7) is 10.3. The molecule has 178 valence electrons. The third kappa shape index (κ3) is 7.31. The highest BCUT2D eigenvalue weighted by Gasteiger charge is 2.32. The van der Waals surface area contributed by atoms with Crippen molar-refractivity contribution in [2.45, 2.75) is 65.6 Å². The molecule has 0 heterocycles. The highest BCUT2D eigenvalue weighted by molar-refractivity contribution is 5.89. The zero-order valence-electron chi connectivity index (χ0n) is 21.0. The second-order valence-corrected chi connectivity index (χ2v) is 10.1. The Hall–Kier alpha value is -3.40. The van der Waals surface area contributed by atoms with E-state index in [1.807, 2.05) is 107 Å². The van der Waals surface area contributed by atoms with E-state index in [-0.39, 0.29) is 18.2 Å². The molecule has 0 saturated carbocycles. The van der Waals surface area contributed by atoms with Crippen LogP contribution in [-0.4, -0.2) is 28.3 Å². The van der Waals surface area contributed by atoms with E-state index < -0.39 is 11.6 Å². The van der Waals surface area contributed by atoms with Gasteiger partial charge in [-0.3, -0.25) is 9.59 Å². The van der Waals surface area contributed by atoms with Crippen molar-refractivity contribution < 1.29 is 9.59 Å². The Kier molecular flexibility index (Phi) is 8.27. The van der Waals surface area contributed by atoms with Crippen LogP contribution in [0.4, 0.5) is 0 Å². The van der Waals surface area contributed by atoms with Gasteiger partial charge in [0.05, 0.1) is 6.42 Å². The highest BCUT2D eigenvalue weighted by Crippen LogP contribution is 2.19. The lowest BCUT2D eigenvalue weighted by Crippen LogP contribution is -2.54. The van der Waals surface area contributed by atoms with Gasteiger partial charge in [0.25, 0.3) is 0 Å². The van der Waals surface area contributed by atoms with Gasteiger partial charge in [0, 0.05) is 18.5 Å². The minimum atomic E-state index is -0.626. The summed E-state index contributed by atoms with van der Waals surface area (Å²) in [4.78, 5) is 29.1. The Morgan fingerprint density at radius 1 is 0.853 bits per heavy atom. The van der Waals surface area contributed by atoms with Crippen LogP contribution in [0.2, 0.25) is 0 Å². The van der Waals surface area contributed by atoms with E-state index in [4.69, 9.17) is 0 Å². The van der Waals surface area contributed by atoms with Crippen molar-refractivity contribution in [2.24, 2.45) is 0 Å².